The van der Waals surface area contributed by atoms with Crippen LogP contribution < -0.4 is 11.1 Å². The summed E-state index contributed by atoms with van der Waals surface area (Å²) in [6.07, 6.45) is 3.29. The lowest BCUT2D eigenvalue weighted by Gasteiger charge is -2.39. The van der Waals surface area contributed by atoms with E-state index in [1.807, 2.05) is 46.6 Å². The van der Waals surface area contributed by atoms with E-state index in [9.17, 15) is 24.0 Å². The van der Waals surface area contributed by atoms with Crippen molar-refractivity contribution < 1.29 is 33.4 Å². The van der Waals surface area contributed by atoms with Crippen molar-refractivity contribution in [2.45, 2.75) is 111 Å². The molecule has 0 aliphatic carbocycles. The van der Waals surface area contributed by atoms with E-state index in [4.69, 9.17) is 15.2 Å². The normalized spacial score (nSPS) is 18.3. The molecule has 1 saturated heterocycles. The summed E-state index contributed by atoms with van der Waals surface area (Å²) in [4.78, 5) is 71.9. The van der Waals surface area contributed by atoms with Gasteiger partial charge in [-0.1, -0.05) is 47.5 Å². The van der Waals surface area contributed by atoms with Gasteiger partial charge in [0.2, 0.25) is 11.8 Å². The van der Waals surface area contributed by atoms with E-state index < -0.39 is 36.0 Å². The molecule has 13 heteroatoms. The highest BCUT2D eigenvalue weighted by molar-refractivity contribution is 7.09. The molecule has 2 rings (SSSR count). The van der Waals surface area contributed by atoms with Gasteiger partial charge in [-0.3, -0.25) is 28.9 Å². The van der Waals surface area contributed by atoms with Crippen molar-refractivity contribution in [2.75, 3.05) is 20.3 Å². The van der Waals surface area contributed by atoms with E-state index in [-0.39, 0.29) is 55.0 Å². The first-order valence-electron chi connectivity index (χ1n) is 15.2. The minimum Gasteiger partial charge on any atom is -0.455 e. The van der Waals surface area contributed by atoms with Crippen LogP contribution in [0.2, 0.25) is 0 Å². The Morgan fingerprint density at radius 3 is 2.42 bits per heavy atom. The fourth-order valence-corrected chi connectivity index (χ4v) is 6.03. The molecule has 1 fully saturated rings. The molecule has 1 aliphatic heterocycles. The van der Waals surface area contributed by atoms with Crippen LogP contribution >= 0.6 is 11.3 Å². The highest BCUT2D eigenvalue weighted by Gasteiger charge is 2.39. The van der Waals surface area contributed by atoms with Crippen molar-refractivity contribution in [2.24, 2.45) is 17.6 Å². The summed E-state index contributed by atoms with van der Waals surface area (Å²) in [6.45, 7) is 11.3. The average Bonchev–Trinajstić information content (AvgIpc) is 3.45. The predicted octanol–water partition coefficient (Wildman–Crippen LogP) is 3.41. The zero-order chi connectivity index (χ0) is 32.3. The van der Waals surface area contributed by atoms with E-state index in [1.165, 1.54) is 17.2 Å². The van der Waals surface area contributed by atoms with Crippen LogP contribution in [0.5, 0.6) is 0 Å². The number of esters is 2. The number of carbonyl (C=O) groups is 5. The van der Waals surface area contributed by atoms with Crippen molar-refractivity contribution in [3.8, 4) is 0 Å². The maximum absolute atomic E-state index is 14.4. The topological polar surface area (TPSA) is 161 Å². The lowest BCUT2D eigenvalue weighted by atomic mass is 9.92. The fraction of sp³-hybridized carbons (Fsp3) is 0.733. The highest BCUT2D eigenvalue weighted by atomic mass is 32.1. The second-order valence-corrected chi connectivity index (χ2v) is 12.5. The first-order valence-corrected chi connectivity index (χ1v) is 16.1. The summed E-state index contributed by atoms with van der Waals surface area (Å²) in [6, 6.07) is -1.79. The standard InChI is InChI=1S/C30H49N5O7S/c1-8-12-25(37)41-17-35(30(40)26(19(5)9-2)33-28(39)22-13-10-11-14-34(22)7)23(18(3)4)15-24(42-20(6)36)29-32-21(16-43-29)27(31)38/h16,18-19,22-24,26H,8-15,17H2,1-7H3,(H2,31,38)(H,33,39)/t19-,22?,23+,24+,26-/m0/s1. The van der Waals surface area contributed by atoms with Crippen molar-refractivity contribution in [3.63, 3.8) is 0 Å². The largest absolute Gasteiger partial charge is 0.455 e. The Bertz CT molecular complexity index is 1110. The second kappa shape index (κ2) is 17.3. The van der Waals surface area contributed by atoms with Gasteiger partial charge in [0.1, 0.15) is 16.7 Å². The van der Waals surface area contributed by atoms with Crippen LogP contribution in [-0.4, -0.2) is 82.9 Å². The number of likely N-dealkylation sites (N-methyl/N-ethyl adjacent to an activating group) is 1. The number of hydrogen-bond donors (Lipinski definition) is 2. The number of nitrogens with zero attached hydrogens (tertiary/aromatic N) is 3. The number of likely N-dealkylation sites (tertiary alicyclic amines) is 1. The van der Waals surface area contributed by atoms with Crippen molar-refractivity contribution in [3.05, 3.63) is 16.1 Å². The molecule has 1 unspecified atom stereocenters. The molecule has 2 heterocycles. The number of ether oxygens (including phenoxy) is 2. The molecular weight excluding hydrogens is 574 g/mol. The number of carbonyl (C=O) groups excluding carboxylic acids is 5. The number of amides is 3. The molecule has 0 aromatic carbocycles. The van der Waals surface area contributed by atoms with Gasteiger partial charge in [-0.05, 0) is 44.7 Å². The number of nitrogens with two attached hydrogens (primary N) is 1. The molecule has 0 spiro atoms. The Hall–Kier alpha value is -3.06. The quantitative estimate of drug-likeness (QED) is 0.208. The Kier molecular flexibility index (Phi) is 14.5. The van der Waals surface area contributed by atoms with Crippen LogP contribution in [0, 0.1) is 11.8 Å². The van der Waals surface area contributed by atoms with Gasteiger partial charge in [0.25, 0.3) is 5.91 Å². The van der Waals surface area contributed by atoms with Gasteiger partial charge in [0, 0.05) is 31.2 Å². The maximum atomic E-state index is 14.4. The molecule has 3 amide bonds. The van der Waals surface area contributed by atoms with E-state index in [0.29, 0.717) is 24.3 Å². The molecule has 0 radical (unpaired) electrons. The molecule has 12 nitrogen and oxygen atoms in total. The Balaban J connectivity index is 2.48. The van der Waals surface area contributed by atoms with E-state index in [0.717, 1.165) is 30.7 Å². The number of nitrogens with one attached hydrogen (secondary N) is 1. The lowest BCUT2D eigenvalue weighted by molar-refractivity contribution is -0.160. The van der Waals surface area contributed by atoms with Crippen molar-refractivity contribution >= 4 is 41.0 Å². The van der Waals surface area contributed by atoms with Crippen LogP contribution in [0.15, 0.2) is 5.38 Å². The summed E-state index contributed by atoms with van der Waals surface area (Å²) < 4.78 is 11.2. The fourth-order valence-electron chi connectivity index (χ4n) is 5.19. The summed E-state index contributed by atoms with van der Waals surface area (Å²) in [5.74, 6) is -2.70. The number of primary amides is 1. The zero-order valence-electron chi connectivity index (χ0n) is 26.6. The second-order valence-electron chi connectivity index (χ2n) is 11.6. The van der Waals surface area contributed by atoms with Gasteiger partial charge in [-0.15, -0.1) is 11.3 Å². The third kappa shape index (κ3) is 10.6. The van der Waals surface area contributed by atoms with E-state index >= 15 is 0 Å². The summed E-state index contributed by atoms with van der Waals surface area (Å²) in [5, 5.41) is 4.88. The smallest absolute Gasteiger partial charge is 0.307 e. The molecule has 0 saturated carbocycles. The number of aromatic nitrogens is 1. The van der Waals surface area contributed by atoms with E-state index in [1.54, 1.807) is 0 Å². The first-order chi connectivity index (χ1) is 20.3. The minimum absolute atomic E-state index is 0.0481. The van der Waals surface area contributed by atoms with Crippen LogP contribution in [-0.2, 0) is 28.7 Å². The molecule has 5 atom stereocenters. The molecule has 1 aromatic rings. The van der Waals surface area contributed by atoms with Crippen LogP contribution in [0.3, 0.4) is 0 Å². The van der Waals surface area contributed by atoms with Crippen molar-refractivity contribution in [1.82, 2.24) is 20.1 Å². The number of thiazole rings is 1. The minimum atomic E-state index is -0.892. The van der Waals surface area contributed by atoms with Gasteiger partial charge >= 0.3 is 11.9 Å². The van der Waals surface area contributed by atoms with Crippen LogP contribution in [0.25, 0.3) is 0 Å². The zero-order valence-corrected chi connectivity index (χ0v) is 27.4. The van der Waals surface area contributed by atoms with Gasteiger partial charge in [-0.2, -0.15) is 0 Å². The molecule has 3 N–H and O–H groups in total. The third-order valence-corrected chi connectivity index (χ3v) is 8.87. The number of rotatable bonds is 16. The van der Waals surface area contributed by atoms with Gasteiger partial charge in [0.15, 0.2) is 12.8 Å². The average molecular weight is 624 g/mol. The molecule has 43 heavy (non-hydrogen) atoms. The molecule has 0 bridgehead atoms. The van der Waals surface area contributed by atoms with Gasteiger partial charge in [-0.25, -0.2) is 4.98 Å². The lowest BCUT2D eigenvalue weighted by Crippen LogP contribution is -2.59. The predicted molar refractivity (Wildman–Crippen MR) is 163 cm³/mol. The van der Waals surface area contributed by atoms with Crippen LogP contribution in [0.4, 0.5) is 0 Å². The van der Waals surface area contributed by atoms with E-state index in [2.05, 4.69) is 10.3 Å². The Morgan fingerprint density at radius 2 is 1.88 bits per heavy atom. The third-order valence-electron chi connectivity index (χ3n) is 7.94. The van der Waals surface area contributed by atoms with Crippen LogP contribution in [0.1, 0.15) is 108 Å². The summed E-state index contributed by atoms with van der Waals surface area (Å²) in [5.41, 5.74) is 5.44. The molecule has 1 aliphatic rings. The SMILES string of the molecule is CCCC(=O)OCN(C(=O)[C@@H](NC(=O)C1CCCCN1C)[C@@H](C)CC)[C@H](C[C@@H](OC(C)=O)c1nc(C(N)=O)cs1)C(C)C. The first kappa shape index (κ1) is 36.1. The number of hydrogen-bond acceptors (Lipinski definition) is 10. The van der Waals surface area contributed by atoms with Crippen molar-refractivity contribution in [1.29, 1.82) is 0 Å². The highest BCUT2D eigenvalue weighted by Crippen LogP contribution is 2.31. The molecule has 242 valence electrons. The molecule has 1 aromatic heterocycles. The summed E-state index contributed by atoms with van der Waals surface area (Å²) >= 11 is 1.13. The number of piperidine rings is 1. The molecular formula is C30H49N5O7S. The monoisotopic (exact) mass is 623 g/mol. The van der Waals surface area contributed by atoms with Gasteiger partial charge < -0.3 is 25.4 Å². The van der Waals surface area contributed by atoms with Gasteiger partial charge in [0.05, 0.1) is 6.04 Å². The summed E-state index contributed by atoms with van der Waals surface area (Å²) in [7, 11) is 1.91. The Morgan fingerprint density at radius 1 is 1.19 bits per heavy atom. The Labute approximate surface area is 259 Å². The maximum Gasteiger partial charge on any atom is 0.307 e.